The van der Waals surface area contributed by atoms with Crippen molar-refractivity contribution in [1.29, 1.82) is 0 Å². The number of nitrogens with two attached hydrogens (primary N) is 1. The van der Waals surface area contributed by atoms with Crippen molar-refractivity contribution < 1.29 is 4.79 Å². The van der Waals surface area contributed by atoms with Crippen molar-refractivity contribution in [2.75, 3.05) is 19.6 Å². The highest BCUT2D eigenvalue weighted by Gasteiger charge is 2.49. The van der Waals surface area contributed by atoms with Crippen molar-refractivity contribution in [3.63, 3.8) is 0 Å². The van der Waals surface area contributed by atoms with Crippen molar-refractivity contribution in [1.82, 2.24) is 24.5 Å². The summed E-state index contributed by atoms with van der Waals surface area (Å²) in [7, 11) is 0. The maximum absolute atomic E-state index is 11.4. The molecule has 0 aromatic carbocycles. The number of H-pyrrole nitrogens is 1. The number of likely N-dealkylation sites (tertiary alicyclic amines) is 1. The van der Waals surface area contributed by atoms with Crippen LogP contribution in [0.3, 0.4) is 0 Å². The highest BCUT2D eigenvalue weighted by Crippen LogP contribution is 2.59. The molecule has 1 saturated heterocycles. The van der Waals surface area contributed by atoms with E-state index in [2.05, 4.69) is 46.9 Å². The molecule has 0 unspecified atom stereocenters. The Labute approximate surface area is 215 Å². The maximum atomic E-state index is 11.4. The van der Waals surface area contributed by atoms with Gasteiger partial charge in [0.1, 0.15) is 11.2 Å². The first-order valence-electron chi connectivity index (χ1n) is 13.3. The number of primary amides is 1. The normalized spacial score (nSPS) is 23.9. The Bertz CT molecular complexity index is 1520. The number of rotatable bonds is 5. The van der Waals surface area contributed by atoms with E-state index in [0.717, 1.165) is 31.6 Å². The third-order valence-corrected chi connectivity index (χ3v) is 10.4. The predicted octanol–water partition coefficient (Wildman–Crippen LogP) is 4.91. The molecule has 4 aromatic heterocycles. The quantitative estimate of drug-likeness (QED) is 0.405. The average Bonchev–Trinajstić information content (AvgIpc) is 3.60. The van der Waals surface area contributed by atoms with E-state index in [1.165, 1.54) is 69.4 Å². The minimum Gasteiger partial charge on any atom is -0.369 e. The van der Waals surface area contributed by atoms with Gasteiger partial charge in [-0.1, -0.05) is 13.8 Å². The molecule has 3 N–H and O–H groups in total. The molecule has 3 aliphatic rings. The highest BCUT2D eigenvalue weighted by molar-refractivity contribution is 7.19. The lowest BCUT2D eigenvalue weighted by atomic mass is 9.60. The fraction of sp³-hybridized carbons (Fsp3) is 0.536. The van der Waals surface area contributed by atoms with E-state index in [1.54, 1.807) is 11.2 Å². The molecule has 7 rings (SSSR count). The van der Waals surface area contributed by atoms with Crippen molar-refractivity contribution >= 4 is 33.1 Å². The van der Waals surface area contributed by atoms with Gasteiger partial charge in [-0.2, -0.15) is 5.10 Å². The van der Waals surface area contributed by atoms with E-state index >= 15 is 0 Å². The molecule has 188 valence electrons. The van der Waals surface area contributed by atoms with Crippen LogP contribution in [-0.2, 0) is 17.6 Å². The van der Waals surface area contributed by atoms with Crippen molar-refractivity contribution in [2.45, 2.75) is 71.1 Å². The van der Waals surface area contributed by atoms with E-state index in [-0.39, 0.29) is 5.91 Å². The number of thiophene rings is 1. The lowest BCUT2D eigenvalue weighted by Crippen LogP contribution is -2.40. The highest BCUT2D eigenvalue weighted by atomic mass is 32.1. The average molecular weight is 503 g/mol. The van der Waals surface area contributed by atoms with Crippen LogP contribution in [0.15, 0.2) is 12.5 Å². The Morgan fingerprint density at radius 1 is 1.31 bits per heavy atom. The summed E-state index contributed by atoms with van der Waals surface area (Å²) in [6.07, 6.45) is 10.9. The molecule has 8 heteroatoms. The number of pyridine rings is 1. The number of carbonyl (C=O) groups is 1. The van der Waals surface area contributed by atoms with Crippen LogP contribution in [0.4, 0.5) is 0 Å². The van der Waals surface area contributed by atoms with Crippen LogP contribution < -0.4 is 5.73 Å². The molecule has 0 radical (unpaired) electrons. The Balaban J connectivity index is 1.25. The Kier molecular flexibility index (Phi) is 4.93. The molecule has 36 heavy (non-hydrogen) atoms. The zero-order chi connectivity index (χ0) is 24.8. The van der Waals surface area contributed by atoms with Crippen LogP contribution >= 0.6 is 11.3 Å². The molecular formula is C28H34N6OS. The van der Waals surface area contributed by atoms with Gasteiger partial charge in [-0.3, -0.25) is 9.69 Å². The van der Waals surface area contributed by atoms with E-state index in [4.69, 9.17) is 5.73 Å². The van der Waals surface area contributed by atoms with E-state index in [9.17, 15) is 4.79 Å². The fourth-order valence-corrected chi connectivity index (χ4v) is 8.91. The summed E-state index contributed by atoms with van der Waals surface area (Å²) in [5.41, 5.74) is 15.2. The SMILES string of the molecule is Cc1c(C2CC3(CCN(CC(N)=O)C3)C2)sc2[nH]c(-c3cn4ncnc4c4c3CCC4)c(C(C)C)c12. The molecular weight excluding hydrogens is 468 g/mol. The summed E-state index contributed by atoms with van der Waals surface area (Å²) in [4.78, 5) is 24.9. The number of carbonyl (C=O) groups excluding carboxylic acids is 1. The van der Waals surface area contributed by atoms with Gasteiger partial charge in [0.15, 0.2) is 5.65 Å². The largest absolute Gasteiger partial charge is 0.369 e. The summed E-state index contributed by atoms with van der Waals surface area (Å²) in [5.74, 6) is 0.837. The van der Waals surface area contributed by atoms with Crippen molar-refractivity contribution in [2.24, 2.45) is 11.1 Å². The Morgan fingerprint density at radius 2 is 2.11 bits per heavy atom. The van der Waals surface area contributed by atoms with Crippen LogP contribution in [0.5, 0.6) is 0 Å². The third kappa shape index (κ3) is 3.23. The predicted molar refractivity (Wildman–Crippen MR) is 144 cm³/mol. The van der Waals surface area contributed by atoms with Crippen LogP contribution in [0.25, 0.3) is 27.1 Å². The molecule has 7 nitrogen and oxygen atoms in total. The second-order valence-electron chi connectivity index (χ2n) is 11.8. The van der Waals surface area contributed by atoms with Crippen LogP contribution in [-0.4, -0.2) is 50.0 Å². The molecule has 2 aliphatic carbocycles. The number of aryl methyl sites for hydroxylation is 2. The minimum atomic E-state index is -0.211. The zero-order valence-corrected chi connectivity index (χ0v) is 22.2. The molecule has 1 spiro atoms. The maximum Gasteiger partial charge on any atom is 0.231 e. The number of aromatic nitrogens is 4. The number of nitrogens with zero attached hydrogens (tertiary/aromatic N) is 4. The van der Waals surface area contributed by atoms with Gasteiger partial charge in [0.2, 0.25) is 5.91 Å². The third-order valence-electron chi connectivity index (χ3n) is 9.07. The van der Waals surface area contributed by atoms with Gasteiger partial charge in [0.05, 0.1) is 12.2 Å². The second kappa shape index (κ2) is 7.89. The molecule has 0 bridgehead atoms. The second-order valence-corrected chi connectivity index (χ2v) is 12.8. The van der Waals surface area contributed by atoms with Gasteiger partial charge in [-0.25, -0.2) is 9.50 Å². The molecule has 5 heterocycles. The smallest absolute Gasteiger partial charge is 0.231 e. The van der Waals surface area contributed by atoms with Gasteiger partial charge in [0, 0.05) is 34.1 Å². The van der Waals surface area contributed by atoms with E-state index < -0.39 is 0 Å². The molecule has 0 atom stereocenters. The number of aromatic amines is 1. The molecule has 1 amide bonds. The lowest BCUT2D eigenvalue weighted by Gasteiger charge is -2.45. The topological polar surface area (TPSA) is 92.3 Å². The fourth-order valence-electron chi connectivity index (χ4n) is 7.58. The van der Waals surface area contributed by atoms with E-state index in [0.29, 0.717) is 23.8 Å². The summed E-state index contributed by atoms with van der Waals surface area (Å²) < 4.78 is 1.97. The standard InChI is InChI=1S/C28H34N6OS/c1-15(2)22-23-16(3)25(17-9-28(10-17)7-8-33(13-28)12-21(29)35)36-27(23)32-24(22)20-11-34-26(30-14-31-34)19-6-4-5-18(19)20/h11,14-15,17,32H,4-10,12-13H2,1-3H3,(H2,29,35). The number of hydrogen-bond acceptors (Lipinski definition) is 5. The monoisotopic (exact) mass is 502 g/mol. The molecule has 4 aromatic rings. The van der Waals surface area contributed by atoms with Crippen LogP contribution in [0, 0.1) is 12.3 Å². The number of fused-ring (bicyclic) bond motifs is 4. The zero-order valence-electron chi connectivity index (χ0n) is 21.4. The van der Waals surface area contributed by atoms with Gasteiger partial charge in [0.25, 0.3) is 0 Å². The molecule has 1 aliphatic heterocycles. The van der Waals surface area contributed by atoms with Gasteiger partial charge in [-0.05, 0) is 85.9 Å². The number of hydrogen-bond donors (Lipinski definition) is 2. The summed E-state index contributed by atoms with van der Waals surface area (Å²) in [6, 6.07) is 0. The molecule has 1 saturated carbocycles. The van der Waals surface area contributed by atoms with E-state index in [1.807, 2.05) is 15.9 Å². The van der Waals surface area contributed by atoms with Crippen LogP contribution in [0.1, 0.15) is 78.5 Å². The first-order chi connectivity index (χ1) is 17.3. The van der Waals surface area contributed by atoms with Gasteiger partial charge >= 0.3 is 0 Å². The number of nitrogens with one attached hydrogen (secondary N) is 1. The summed E-state index contributed by atoms with van der Waals surface area (Å²) >= 11 is 1.97. The summed E-state index contributed by atoms with van der Waals surface area (Å²) in [6.45, 7) is 9.40. The Morgan fingerprint density at radius 3 is 2.89 bits per heavy atom. The first-order valence-corrected chi connectivity index (χ1v) is 14.2. The van der Waals surface area contributed by atoms with Crippen LogP contribution in [0.2, 0.25) is 0 Å². The Hall–Kier alpha value is -2.71. The number of amides is 1. The lowest BCUT2D eigenvalue weighted by molar-refractivity contribution is -0.119. The van der Waals surface area contributed by atoms with Crippen molar-refractivity contribution in [3.8, 4) is 11.3 Å². The first kappa shape index (κ1) is 22.5. The van der Waals surface area contributed by atoms with Gasteiger partial charge < -0.3 is 10.7 Å². The molecule has 2 fully saturated rings. The van der Waals surface area contributed by atoms with Crippen molar-refractivity contribution in [3.05, 3.63) is 39.7 Å². The minimum absolute atomic E-state index is 0.211. The van der Waals surface area contributed by atoms with Gasteiger partial charge in [-0.15, -0.1) is 11.3 Å². The summed E-state index contributed by atoms with van der Waals surface area (Å²) in [5, 5.41) is 5.93.